The summed E-state index contributed by atoms with van der Waals surface area (Å²) in [4.78, 5) is 3.36. The van der Waals surface area contributed by atoms with E-state index >= 15 is 0 Å². The maximum Gasteiger partial charge on any atom is 0.417 e. The van der Waals surface area contributed by atoms with Gasteiger partial charge in [-0.25, -0.2) is 13.1 Å². The highest BCUT2D eigenvalue weighted by molar-refractivity contribution is 7.92. The molecule has 0 saturated heterocycles. The summed E-state index contributed by atoms with van der Waals surface area (Å²) >= 11 is 0. The van der Waals surface area contributed by atoms with E-state index in [1.54, 1.807) is 0 Å². The molecular formula is C13H9F3N4O3S. The third kappa shape index (κ3) is 3.18. The molecule has 0 amide bonds. The molecule has 0 aliphatic heterocycles. The van der Waals surface area contributed by atoms with Crippen molar-refractivity contribution in [2.24, 2.45) is 0 Å². The third-order valence-corrected chi connectivity index (χ3v) is 4.65. The van der Waals surface area contributed by atoms with Crippen LogP contribution in [0.3, 0.4) is 0 Å². The zero-order valence-electron chi connectivity index (χ0n) is 11.8. The summed E-state index contributed by atoms with van der Waals surface area (Å²) < 4.78 is 69.5. The van der Waals surface area contributed by atoms with Gasteiger partial charge in [0.15, 0.2) is 0 Å². The summed E-state index contributed by atoms with van der Waals surface area (Å²) in [6, 6.07) is 3.29. The van der Waals surface area contributed by atoms with Gasteiger partial charge in [-0.3, -0.25) is 0 Å². The largest absolute Gasteiger partial charge is 0.417 e. The molecule has 126 valence electrons. The van der Waals surface area contributed by atoms with Gasteiger partial charge in [-0.15, -0.1) is 0 Å². The van der Waals surface area contributed by atoms with Crippen molar-refractivity contribution in [2.75, 3.05) is 4.72 Å². The standard InChI is InChI=1S/C13H9F3N4O3S/c14-13(15,16)10-4-3-9(5-8(10)6-17)24(21,22)20-12-18-11(23-19-12)7-1-2-7/h3-5,7H,1-2H2,(H,19,20). The van der Waals surface area contributed by atoms with E-state index in [1.165, 1.54) is 6.07 Å². The smallest absolute Gasteiger partial charge is 0.337 e. The van der Waals surface area contributed by atoms with Gasteiger partial charge in [0.25, 0.3) is 16.0 Å². The maximum atomic E-state index is 12.7. The van der Waals surface area contributed by atoms with Crippen molar-refractivity contribution in [3.8, 4) is 6.07 Å². The molecule has 7 nitrogen and oxygen atoms in total. The Morgan fingerprint density at radius 3 is 2.62 bits per heavy atom. The minimum absolute atomic E-state index is 0.118. The van der Waals surface area contributed by atoms with Gasteiger partial charge in [-0.05, 0) is 36.2 Å². The van der Waals surface area contributed by atoms with Crippen LogP contribution in [0.15, 0.2) is 27.6 Å². The second-order valence-electron chi connectivity index (χ2n) is 5.15. The van der Waals surface area contributed by atoms with E-state index in [1.807, 2.05) is 4.72 Å². The van der Waals surface area contributed by atoms with Gasteiger partial charge in [0.05, 0.1) is 22.1 Å². The number of sulfonamides is 1. The van der Waals surface area contributed by atoms with Crippen molar-refractivity contribution in [3.05, 3.63) is 35.2 Å². The highest BCUT2D eigenvalue weighted by Gasteiger charge is 2.35. The van der Waals surface area contributed by atoms with Crippen LogP contribution in [0.2, 0.25) is 0 Å². The lowest BCUT2D eigenvalue weighted by Gasteiger charge is -2.10. The van der Waals surface area contributed by atoms with Crippen molar-refractivity contribution in [1.82, 2.24) is 10.1 Å². The zero-order valence-corrected chi connectivity index (χ0v) is 12.6. The Kier molecular flexibility index (Phi) is 3.71. The Balaban J connectivity index is 1.90. The lowest BCUT2D eigenvalue weighted by molar-refractivity contribution is -0.137. The Hall–Kier alpha value is -2.61. The zero-order chi connectivity index (χ0) is 17.5. The molecule has 24 heavy (non-hydrogen) atoms. The second-order valence-corrected chi connectivity index (χ2v) is 6.84. The Morgan fingerprint density at radius 2 is 2.04 bits per heavy atom. The molecule has 1 aromatic heterocycles. The highest BCUT2D eigenvalue weighted by Crippen LogP contribution is 2.39. The topological polar surface area (TPSA) is 109 Å². The molecule has 0 spiro atoms. The maximum absolute atomic E-state index is 12.7. The molecule has 3 rings (SSSR count). The average Bonchev–Trinajstić information content (AvgIpc) is 3.26. The van der Waals surface area contributed by atoms with E-state index in [9.17, 15) is 21.6 Å². The van der Waals surface area contributed by atoms with E-state index in [-0.39, 0.29) is 11.9 Å². The summed E-state index contributed by atoms with van der Waals surface area (Å²) in [6.07, 6.45) is -3.01. The van der Waals surface area contributed by atoms with Crippen LogP contribution in [0.1, 0.15) is 35.8 Å². The summed E-state index contributed by atoms with van der Waals surface area (Å²) in [5.41, 5.74) is -2.00. The summed E-state index contributed by atoms with van der Waals surface area (Å²) in [6.45, 7) is 0. The molecule has 2 aromatic rings. The second kappa shape index (κ2) is 5.48. The lowest BCUT2D eigenvalue weighted by atomic mass is 10.1. The predicted octanol–water partition coefficient (Wildman–Crippen LogP) is 2.64. The molecule has 0 unspecified atom stereocenters. The van der Waals surface area contributed by atoms with Gasteiger partial charge in [0, 0.05) is 5.92 Å². The monoisotopic (exact) mass is 358 g/mol. The van der Waals surface area contributed by atoms with Gasteiger partial charge in [0.1, 0.15) is 0 Å². The normalized spacial score (nSPS) is 15.1. The minimum atomic E-state index is -4.76. The molecule has 1 N–H and O–H groups in total. The number of anilines is 1. The number of alkyl halides is 3. The van der Waals surface area contributed by atoms with Crippen molar-refractivity contribution in [1.29, 1.82) is 5.26 Å². The average molecular weight is 358 g/mol. The van der Waals surface area contributed by atoms with Gasteiger partial charge in [0.2, 0.25) is 5.89 Å². The minimum Gasteiger partial charge on any atom is -0.337 e. The number of halogens is 3. The predicted molar refractivity (Wildman–Crippen MR) is 73.2 cm³/mol. The molecule has 1 saturated carbocycles. The quantitative estimate of drug-likeness (QED) is 0.900. The Bertz CT molecular complexity index is 927. The van der Waals surface area contributed by atoms with Gasteiger partial charge in [-0.1, -0.05) is 0 Å². The number of hydrogen-bond donors (Lipinski definition) is 1. The summed E-state index contributed by atoms with van der Waals surface area (Å²) in [5, 5.41) is 12.3. The van der Waals surface area contributed by atoms with Crippen LogP contribution < -0.4 is 4.72 Å². The Morgan fingerprint density at radius 1 is 1.33 bits per heavy atom. The number of nitrogens with one attached hydrogen (secondary N) is 1. The molecule has 0 radical (unpaired) electrons. The third-order valence-electron chi connectivity index (χ3n) is 3.32. The van der Waals surface area contributed by atoms with Crippen LogP contribution in [0.25, 0.3) is 0 Å². The molecule has 1 fully saturated rings. The molecular weight excluding hydrogens is 349 g/mol. The number of hydrogen-bond acceptors (Lipinski definition) is 6. The van der Waals surface area contributed by atoms with Crippen LogP contribution in [0.5, 0.6) is 0 Å². The molecule has 0 atom stereocenters. The van der Waals surface area contributed by atoms with E-state index in [0.717, 1.165) is 18.9 Å². The molecule has 1 heterocycles. The first-order valence-corrected chi connectivity index (χ1v) is 8.17. The van der Waals surface area contributed by atoms with E-state index in [2.05, 4.69) is 10.1 Å². The summed E-state index contributed by atoms with van der Waals surface area (Å²) in [7, 11) is -4.25. The first-order valence-electron chi connectivity index (χ1n) is 6.68. The van der Waals surface area contributed by atoms with Gasteiger partial charge in [-0.2, -0.15) is 23.4 Å². The number of nitriles is 1. The van der Waals surface area contributed by atoms with Gasteiger partial charge < -0.3 is 4.52 Å². The van der Waals surface area contributed by atoms with Crippen LogP contribution in [0, 0.1) is 11.3 Å². The Labute approximate surface area is 134 Å². The lowest BCUT2D eigenvalue weighted by Crippen LogP contribution is -2.15. The van der Waals surface area contributed by atoms with E-state index in [4.69, 9.17) is 9.78 Å². The van der Waals surface area contributed by atoms with E-state index < -0.39 is 32.2 Å². The van der Waals surface area contributed by atoms with Crippen LogP contribution >= 0.6 is 0 Å². The van der Waals surface area contributed by atoms with Crippen LogP contribution in [0.4, 0.5) is 19.1 Å². The molecule has 1 aromatic carbocycles. The van der Waals surface area contributed by atoms with Crippen molar-refractivity contribution < 1.29 is 26.1 Å². The number of nitrogens with zero attached hydrogens (tertiary/aromatic N) is 3. The SMILES string of the molecule is N#Cc1cc(S(=O)(=O)Nc2noc(C3CC3)n2)ccc1C(F)(F)F. The fourth-order valence-corrected chi connectivity index (χ4v) is 2.94. The molecule has 11 heteroatoms. The fourth-order valence-electron chi connectivity index (χ4n) is 1.98. The number of aromatic nitrogens is 2. The molecule has 0 bridgehead atoms. The first kappa shape index (κ1) is 16.3. The van der Waals surface area contributed by atoms with Crippen molar-refractivity contribution >= 4 is 16.0 Å². The van der Waals surface area contributed by atoms with Crippen LogP contribution in [-0.4, -0.2) is 18.6 Å². The van der Waals surface area contributed by atoms with E-state index in [0.29, 0.717) is 18.0 Å². The number of benzene rings is 1. The summed E-state index contributed by atoms with van der Waals surface area (Å²) in [5.74, 6) is 0.111. The fraction of sp³-hybridized carbons (Fsp3) is 0.308. The number of rotatable bonds is 4. The highest BCUT2D eigenvalue weighted by atomic mass is 32.2. The molecule has 1 aliphatic rings. The van der Waals surface area contributed by atoms with Crippen molar-refractivity contribution in [3.63, 3.8) is 0 Å². The molecule has 1 aliphatic carbocycles. The van der Waals surface area contributed by atoms with Crippen LogP contribution in [-0.2, 0) is 16.2 Å². The van der Waals surface area contributed by atoms with Gasteiger partial charge >= 0.3 is 6.18 Å². The van der Waals surface area contributed by atoms with Crippen molar-refractivity contribution in [2.45, 2.75) is 29.8 Å². The first-order chi connectivity index (χ1) is 11.2.